The first-order valence-electron chi connectivity index (χ1n) is 9.31. The van der Waals surface area contributed by atoms with Crippen LogP contribution in [0.4, 0.5) is 4.39 Å². The van der Waals surface area contributed by atoms with Gasteiger partial charge in [-0.3, -0.25) is 9.59 Å². The summed E-state index contributed by atoms with van der Waals surface area (Å²) in [6, 6.07) is 12.6. The van der Waals surface area contributed by atoms with E-state index in [1.54, 1.807) is 30.3 Å². The Morgan fingerprint density at radius 3 is 2.63 bits per heavy atom. The highest BCUT2D eigenvalue weighted by atomic mass is 19.1. The molecule has 0 saturated carbocycles. The minimum Gasteiger partial charge on any atom is -0.485 e. The van der Waals surface area contributed by atoms with E-state index in [9.17, 15) is 18.8 Å². The normalized spacial score (nSPS) is 18.4. The number of benzene rings is 2. The van der Waals surface area contributed by atoms with Crippen molar-refractivity contribution in [1.29, 1.82) is 0 Å². The molecule has 4 rings (SSSR count). The molecule has 0 radical (unpaired) electrons. The van der Waals surface area contributed by atoms with Crippen LogP contribution in [0.3, 0.4) is 0 Å². The molecule has 1 fully saturated rings. The molecule has 3 aromatic rings. The molecular formula is C22H18FNO6. The van der Waals surface area contributed by atoms with Gasteiger partial charge in [0.1, 0.15) is 17.7 Å². The molecule has 154 valence electrons. The third kappa shape index (κ3) is 3.63. The maximum absolute atomic E-state index is 13.9. The molecule has 0 bridgehead atoms. The lowest BCUT2D eigenvalue weighted by atomic mass is 10.2. The van der Waals surface area contributed by atoms with E-state index in [2.05, 4.69) is 0 Å². The number of likely N-dealkylation sites (tertiary alicyclic amines) is 1. The lowest BCUT2D eigenvalue weighted by Crippen LogP contribution is -2.41. The minimum atomic E-state index is -0.948. The molecule has 0 N–H and O–H groups in total. The van der Waals surface area contributed by atoms with Crippen LogP contribution in [0.2, 0.25) is 0 Å². The summed E-state index contributed by atoms with van der Waals surface area (Å²) >= 11 is 0. The summed E-state index contributed by atoms with van der Waals surface area (Å²) in [5, 5.41) is 0.348. The van der Waals surface area contributed by atoms with E-state index in [4.69, 9.17) is 13.9 Å². The molecule has 1 aliphatic rings. The molecule has 8 heteroatoms. The summed E-state index contributed by atoms with van der Waals surface area (Å²) in [7, 11) is 1.21. The van der Waals surface area contributed by atoms with E-state index >= 15 is 0 Å². The Morgan fingerprint density at radius 1 is 1.13 bits per heavy atom. The van der Waals surface area contributed by atoms with Crippen molar-refractivity contribution in [3.63, 3.8) is 0 Å². The Balaban J connectivity index is 1.63. The van der Waals surface area contributed by atoms with Crippen LogP contribution in [-0.4, -0.2) is 42.6 Å². The highest BCUT2D eigenvalue weighted by Crippen LogP contribution is 2.27. The molecule has 2 heterocycles. The first kappa shape index (κ1) is 19.6. The Kier molecular flexibility index (Phi) is 5.22. The van der Waals surface area contributed by atoms with E-state index in [1.165, 1.54) is 30.2 Å². The van der Waals surface area contributed by atoms with E-state index in [0.717, 1.165) is 6.07 Å². The van der Waals surface area contributed by atoms with E-state index in [1.807, 2.05) is 0 Å². The molecule has 1 aliphatic heterocycles. The van der Waals surface area contributed by atoms with E-state index in [0.29, 0.717) is 5.39 Å². The highest BCUT2D eigenvalue weighted by Gasteiger charge is 2.42. The van der Waals surface area contributed by atoms with Crippen molar-refractivity contribution < 1.29 is 27.9 Å². The molecule has 1 aromatic heterocycles. The average molecular weight is 411 g/mol. The van der Waals surface area contributed by atoms with Crippen molar-refractivity contribution in [2.45, 2.75) is 18.6 Å². The Hall–Kier alpha value is -3.68. The zero-order chi connectivity index (χ0) is 21.3. The van der Waals surface area contributed by atoms with Gasteiger partial charge >= 0.3 is 5.97 Å². The fraction of sp³-hybridized carbons (Fsp3) is 0.227. The number of ether oxygens (including phenoxy) is 2. The maximum Gasteiger partial charge on any atom is 0.328 e. The lowest BCUT2D eigenvalue weighted by molar-refractivity contribution is -0.145. The van der Waals surface area contributed by atoms with Gasteiger partial charge in [0.15, 0.2) is 22.8 Å². The molecule has 30 heavy (non-hydrogen) atoms. The Labute approximate surface area is 170 Å². The number of rotatable bonds is 4. The molecule has 1 saturated heterocycles. The molecular weight excluding hydrogens is 393 g/mol. The molecule has 7 nitrogen and oxygen atoms in total. The van der Waals surface area contributed by atoms with Crippen LogP contribution in [0, 0.1) is 5.82 Å². The molecule has 2 atom stereocenters. The number of methoxy groups -OCH3 is 1. The number of hydrogen-bond donors (Lipinski definition) is 0. The lowest BCUT2D eigenvalue weighted by Gasteiger charge is -2.21. The fourth-order valence-corrected chi connectivity index (χ4v) is 3.54. The van der Waals surface area contributed by atoms with Crippen molar-refractivity contribution in [3.8, 4) is 5.75 Å². The topological polar surface area (TPSA) is 86.0 Å². The monoisotopic (exact) mass is 411 g/mol. The van der Waals surface area contributed by atoms with Crippen LogP contribution in [0.5, 0.6) is 5.75 Å². The summed E-state index contributed by atoms with van der Waals surface area (Å²) in [6.45, 7) is 0.00344. The summed E-state index contributed by atoms with van der Waals surface area (Å²) in [5.74, 6) is -1.99. The second kappa shape index (κ2) is 7.98. The number of amides is 1. The predicted octanol–water partition coefficient (Wildman–Crippen LogP) is 2.77. The number of carbonyl (C=O) groups is 2. The molecule has 0 unspecified atom stereocenters. The average Bonchev–Trinajstić information content (AvgIpc) is 3.18. The van der Waals surface area contributed by atoms with Gasteiger partial charge in [-0.25, -0.2) is 9.18 Å². The molecule has 2 aromatic carbocycles. The number of hydrogen-bond acceptors (Lipinski definition) is 6. The second-order valence-corrected chi connectivity index (χ2v) is 6.87. The van der Waals surface area contributed by atoms with Crippen LogP contribution >= 0.6 is 0 Å². The van der Waals surface area contributed by atoms with E-state index < -0.39 is 29.8 Å². The van der Waals surface area contributed by atoms with Gasteiger partial charge in [0.05, 0.1) is 19.0 Å². The van der Waals surface area contributed by atoms with Gasteiger partial charge in [-0.15, -0.1) is 0 Å². The van der Waals surface area contributed by atoms with Crippen LogP contribution in [-0.2, 0) is 9.53 Å². The third-order valence-electron chi connectivity index (χ3n) is 4.97. The van der Waals surface area contributed by atoms with Gasteiger partial charge < -0.3 is 18.8 Å². The van der Waals surface area contributed by atoms with Gasteiger partial charge in [0.25, 0.3) is 5.91 Å². The second-order valence-electron chi connectivity index (χ2n) is 6.87. The van der Waals surface area contributed by atoms with Crippen molar-refractivity contribution in [3.05, 3.63) is 76.4 Å². The van der Waals surface area contributed by atoms with Gasteiger partial charge in [0, 0.05) is 12.5 Å². The van der Waals surface area contributed by atoms with Crippen molar-refractivity contribution in [1.82, 2.24) is 4.90 Å². The molecule has 0 aliphatic carbocycles. The first-order chi connectivity index (χ1) is 14.5. The quantitative estimate of drug-likeness (QED) is 0.614. The maximum atomic E-state index is 13.9. The zero-order valence-corrected chi connectivity index (χ0v) is 16.0. The first-order valence-corrected chi connectivity index (χ1v) is 9.31. The highest BCUT2D eigenvalue weighted by molar-refractivity contribution is 5.96. The zero-order valence-electron chi connectivity index (χ0n) is 16.0. The van der Waals surface area contributed by atoms with Crippen LogP contribution < -0.4 is 10.2 Å². The summed E-state index contributed by atoms with van der Waals surface area (Å²) < 4.78 is 30.0. The number of fused-ring (bicyclic) bond motifs is 1. The summed E-state index contributed by atoms with van der Waals surface area (Å²) in [6.07, 6.45) is -0.521. The molecule has 1 amide bonds. The van der Waals surface area contributed by atoms with Crippen LogP contribution in [0.1, 0.15) is 17.0 Å². The number of halogens is 1. The smallest absolute Gasteiger partial charge is 0.328 e. The minimum absolute atomic E-state index is 0.00344. The number of para-hydroxylation sites is 2. The molecule has 0 spiro atoms. The standard InChI is InChI=1S/C22H18FNO6/c1-28-22(27)16-10-13(29-19-9-5-3-7-15(19)23)12-24(16)21(26)20-11-17(25)14-6-2-4-8-18(14)30-20/h2-9,11,13,16H,10,12H2,1H3/t13-,16-/m1/s1. The van der Waals surface area contributed by atoms with Gasteiger partial charge in [0.2, 0.25) is 0 Å². The number of esters is 1. The third-order valence-corrected chi connectivity index (χ3v) is 4.97. The van der Waals surface area contributed by atoms with Crippen molar-refractivity contribution in [2.75, 3.05) is 13.7 Å². The van der Waals surface area contributed by atoms with Gasteiger partial charge in [-0.05, 0) is 24.3 Å². The fourth-order valence-electron chi connectivity index (χ4n) is 3.54. The van der Waals surface area contributed by atoms with Crippen LogP contribution in [0.25, 0.3) is 11.0 Å². The summed E-state index contributed by atoms with van der Waals surface area (Å²) in [5.41, 5.74) is -0.102. The van der Waals surface area contributed by atoms with Gasteiger partial charge in [-0.1, -0.05) is 24.3 Å². The van der Waals surface area contributed by atoms with Crippen molar-refractivity contribution in [2.24, 2.45) is 0 Å². The summed E-state index contributed by atoms with van der Waals surface area (Å²) in [4.78, 5) is 38.9. The number of carbonyl (C=O) groups excluding carboxylic acids is 2. The van der Waals surface area contributed by atoms with Crippen LogP contribution in [0.15, 0.2) is 63.8 Å². The van der Waals surface area contributed by atoms with Crippen molar-refractivity contribution >= 4 is 22.8 Å². The largest absolute Gasteiger partial charge is 0.485 e. The van der Waals surface area contributed by atoms with E-state index in [-0.39, 0.29) is 35.5 Å². The SMILES string of the molecule is COC(=O)[C@H]1C[C@@H](Oc2ccccc2F)CN1C(=O)c1cc(=O)c2ccccc2o1. The predicted molar refractivity (Wildman–Crippen MR) is 105 cm³/mol. The van der Waals surface area contributed by atoms with Gasteiger partial charge in [-0.2, -0.15) is 0 Å². The number of nitrogens with zero attached hydrogens (tertiary/aromatic N) is 1. The Morgan fingerprint density at radius 2 is 1.87 bits per heavy atom. The Bertz CT molecular complexity index is 1170.